The molecule has 0 radical (unpaired) electrons. The highest BCUT2D eigenvalue weighted by atomic mass is 16.5. The Balaban J connectivity index is 1.86. The second-order valence-corrected chi connectivity index (χ2v) is 6.87. The summed E-state index contributed by atoms with van der Waals surface area (Å²) in [6, 6.07) is 17.1. The molecule has 1 aliphatic carbocycles. The third-order valence-electron chi connectivity index (χ3n) is 5.05. The van der Waals surface area contributed by atoms with Crippen LogP contribution in [-0.2, 0) is 9.53 Å². The maximum atomic E-state index is 12.9. The largest absolute Gasteiger partial charge is 0.470 e. The van der Waals surface area contributed by atoms with Gasteiger partial charge in [-0.25, -0.2) is 0 Å². The number of nitrogen functional groups attached to an aromatic ring is 1. The molecule has 0 saturated heterocycles. The van der Waals surface area contributed by atoms with Crippen LogP contribution in [0, 0.1) is 5.41 Å². The van der Waals surface area contributed by atoms with Crippen LogP contribution >= 0.6 is 0 Å². The van der Waals surface area contributed by atoms with Gasteiger partial charge < -0.3 is 15.4 Å². The first-order valence-corrected chi connectivity index (χ1v) is 9.32. The summed E-state index contributed by atoms with van der Waals surface area (Å²) in [5.74, 6) is -0.341. The van der Waals surface area contributed by atoms with E-state index < -0.39 is 5.92 Å². The Morgan fingerprint density at radius 1 is 1.07 bits per heavy atom. The van der Waals surface area contributed by atoms with Crippen LogP contribution in [0.15, 0.2) is 103 Å². The van der Waals surface area contributed by atoms with Gasteiger partial charge in [0.2, 0.25) is 0 Å². The van der Waals surface area contributed by atoms with Gasteiger partial charge in [-0.3, -0.25) is 10.2 Å². The minimum Gasteiger partial charge on any atom is -0.470 e. The Morgan fingerprint density at radius 2 is 1.83 bits per heavy atom. The number of amidine groups is 1. The highest BCUT2D eigenvalue weighted by Crippen LogP contribution is 2.41. The van der Waals surface area contributed by atoms with E-state index in [0.29, 0.717) is 5.56 Å². The lowest BCUT2D eigenvalue weighted by molar-refractivity contribution is -0.115. The number of nitrogens with two attached hydrogens (primary N) is 1. The van der Waals surface area contributed by atoms with E-state index in [1.54, 1.807) is 24.7 Å². The predicted octanol–water partition coefficient (Wildman–Crippen LogP) is 4.14. The van der Waals surface area contributed by atoms with Gasteiger partial charge in [-0.1, -0.05) is 60.7 Å². The first-order valence-electron chi connectivity index (χ1n) is 9.32. The summed E-state index contributed by atoms with van der Waals surface area (Å²) in [6.07, 6.45) is 12.3. The van der Waals surface area contributed by atoms with Crippen molar-refractivity contribution in [3.63, 3.8) is 0 Å². The van der Waals surface area contributed by atoms with Gasteiger partial charge in [0.1, 0.15) is 18.4 Å². The molecular weight excluding hydrogens is 362 g/mol. The summed E-state index contributed by atoms with van der Waals surface area (Å²) in [4.78, 5) is 14.9. The predicted molar refractivity (Wildman–Crippen MR) is 113 cm³/mol. The van der Waals surface area contributed by atoms with Crippen LogP contribution in [0.4, 0.5) is 0 Å². The third-order valence-corrected chi connectivity index (χ3v) is 5.05. The summed E-state index contributed by atoms with van der Waals surface area (Å²) >= 11 is 0. The molecule has 5 heteroatoms. The van der Waals surface area contributed by atoms with Crippen molar-refractivity contribution in [3.8, 4) is 0 Å². The lowest BCUT2D eigenvalue weighted by Gasteiger charge is -2.35. The molecule has 2 aromatic rings. The fraction of sp³-hybridized carbons (Fsp3) is 0.0833. The number of hydrogen-bond acceptors (Lipinski definition) is 4. The fourth-order valence-electron chi connectivity index (χ4n) is 3.75. The van der Waals surface area contributed by atoms with Gasteiger partial charge in [0.05, 0.1) is 12.0 Å². The van der Waals surface area contributed by atoms with Crippen LogP contribution in [0.5, 0.6) is 0 Å². The standard InChI is InChI=1S/C24H21N3O2/c25-24(26)19-9-4-8-18(16-19)23(27-12-14-29-15-13-27)20-10-5-11-21(28)22(20)17-6-2-1-3-7-17/h1-16,22-23H,(H3,25,26). The van der Waals surface area contributed by atoms with Gasteiger partial charge in [0.15, 0.2) is 5.78 Å². The molecule has 0 amide bonds. The van der Waals surface area contributed by atoms with Crippen molar-refractivity contribution in [3.05, 3.63) is 120 Å². The first kappa shape index (κ1) is 18.5. The van der Waals surface area contributed by atoms with E-state index in [1.165, 1.54) is 0 Å². The lowest BCUT2D eigenvalue weighted by Crippen LogP contribution is -2.28. The summed E-state index contributed by atoms with van der Waals surface area (Å²) < 4.78 is 5.21. The molecule has 0 fully saturated rings. The van der Waals surface area contributed by atoms with Crippen molar-refractivity contribution in [1.82, 2.24) is 4.90 Å². The van der Waals surface area contributed by atoms with Gasteiger partial charge in [-0.15, -0.1) is 0 Å². The number of ether oxygens (including phenoxy) is 1. The van der Waals surface area contributed by atoms with Crippen LogP contribution in [0.25, 0.3) is 0 Å². The van der Waals surface area contributed by atoms with E-state index in [2.05, 4.69) is 0 Å². The summed E-state index contributed by atoms with van der Waals surface area (Å²) in [5, 5.41) is 7.80. The number of allylic oxidation sites excluding steroid dienone is 3. The van der Waals surface area contributed by atoms with E-state index in [-0.39, 0.29) is 17.7 Å². The molecule has 0 aromatic heterocycles. The van der Waals surface area contributed by atoms with Crippen molar-refractivity contribution in [2.45, 2.75) is 12.0 Å². The van der Waals surface area contributed by atoms with Crippen LogP contribution < -0.4 is 5.73 Å². The average Bonchev–Trinajstić information content (AvgIpc) is 2.76. The number of nitrogens with one attached hydrogen (secondary N) is 1. The molecule has 0 bridgehead atoms. The smallest absolute Gasteiger partial charge is 0.167 e. The highest BCUT2D eigenvalue weighted by Gasteiger charge is 2.33. The highest BCUT2D eigenvalue weighted by molar-refractivity contribution is 5.99. The lowest BCUT2D eigenvalue weighted by atomic mass is 9.78. The molecule has 2 aliphatic rings. The van der Waals surface area contributed by atoms with Crippen molar-refractivity contribution in [1.29, 1.82) is 5.41 Å². The maximum Gasteiger partial charge on any atom is 0.167 e. The third kappa shape index (κ3) is 3.75. The topological polar surface area (TPSA) is 79.4 Å². The molecule has 1 aliphatic heterocycles. The average molecular weight is 383 g/mol. The fourth-order valence-corrected chi connectivity index (χ4v) is 3.75. The molecule has 3 N–H and O–H groups in total. The molecule has 2 unspecified atom stereocenters. The summed E-state index contributed by atoms with van der Waals surface area (Å²) in [7, 11) is 0. The summed E-state index contributed by atoms with van der Waals surface area (Å²) in [6.45, 7) is 0. The summed E-state index contributed by atoms with van der Waals surface area (Å²) in [5.41, 5.74) is 9.19. The molecule has 0 spiro atoms. The molecule has 2 aromatic carbocycles. The van der Waals surface area contributed by atoms with E-state index >= 15 is 0 Å². The molecular formula is C24H21N3O2. The molecule has 0 saturated carbocycles. The number of benzene rings is 2. The Kier molecular flexibility index (Phi) is 5.12. The van der Waals surface area contributed by atoms with Crippen molar-refractivity contribution >= 4 is 11.6 Å². The molecule has 29 heavy (non-hydrogen) atoms. The first-order chi connectivity index (χ1) is 14.1. The van der Waals surface area contributed by atoms with Gasteiger partial charge in [-0.2, -0.15) is 0 Å². The quantitative estimate of drug-likeness (QED) is 0.601. The van der Waals surface area contributed by atoms with E-state index in [4.69, 9.17) is 15.9 Å². The van der Waals surface area contributed by atoms with E-state index in [1.807, 2.05) is 78.0 Å². The zero-order valence-corrected chi connectivity index (χ0v) is 15.7. The van der Waals surface area contributed by atoms with Gasteiger partial charge >= 0.3 is 0 Å². The number of hydrogen-bond donors (Lipinski definition) is 2. The zero-order valence-electron chi connectivity index (χ0n) is 15.7. The Bertz CT molecular complexity index is 1040. The maximum absolute atomic E-state index is 12.9. The normalized spacial score (nSPS) is 18.9. The van der Waals surface area contributed by atoms with Gasteiger partial charge in [-0.05, 0) is 28.8 Å². The number of carbonyl (C=O) groups excluding carboxylic acids is 1. The van der Waals surface area contributed by atoms with Crippen LogP contribution in [0.3, 0.4) is 0 Å². The Labute approximate surface area is 169 Å². The Morgan fingerprint density at radius 3 is 2.55 bits per heavy atom. The Hall–Kier alpha value is -3.86. The molecule has 4 rings (SSSR count). The molecule has 5 nitrogen and oxygen atoms in total. The van der Waals surface area contributed by atoms with Crippen LogP contribution in [0.2, 0.25) is 0 Å². The second-order valence-electron chi connectivity index (χ2n) is 6.87. The number of rotatable bonds is 5. The molecule has 2 atom stereocenters. The van der Waals surface area contributed by atoms with E-state index in [0.717, 1.165) is 16.7 Å². The van der Waals surface area contributed by atoms with Crippen molar-refractivity contribution in [2.24, 2.45) is 5.73 Å². The molecule has 144 valence electrons. The molecule has 1 heterocycles. The number of nitrogens with zero attached hydrogens (tertiary/aromatic N) is 1. The van der Waals surface area contributed by atoms with Crippen molar-refractivity contribution < 1.29 is 9.53 Å². The van der Waals surface area contributed by atoms with Gasteiger partial charge in [0, 0.05) is 18.0 Å². The second kappa shape index (κ2) is 8.02. The zero-order chi connectivity index (χ0) is 20.2. The minimum atomic E-state index is -0.392. The number of carbonyl (C=O) groups is 1. The minimum absolute atomic E-state index is 0.00636. The SMILES string of the molecule is N=C(N)c1cccc(C(C2=CC=CC(=O)C2c2ccccc2)N2C=COC=C2)c1. The van der Waals surface area contributed by atoms with Crippen molar-refractivity contribution in [2.75, 3.05) is 0 Å². The number of ketones is 1. The van der Waals surface area contributed by atoms with Crippen LogP contribution in [0.1, 0.15) is 28.7 Å². The monoisotopic (exact) mass is 383 g/mol. The van der Waals surface area contributed by atoms with E-state index in [9.17, 15) is 4.79 Å². The van der Waals surface area contributed by atoms with Gasteiger partial charge in [0.25, 0.3) is 0 Å². The van der Waals surface area contributed by atoms with Crippen LogP contribution in [-0.4, -0.2) is 16.5 Å².